The van der Waals surface area contributed by atoms with Gasteiger partial charge in [0.1, 0.15) is 0 Å². The van der Waals surface area contributed by atoms with E-state index < -0.39 is 31.3 Å². The summed E-state index contributed by atoms with van der Waals surface area (Å²) in [6, 6.07) is 9.15. The first-order valence-corrected chi connectivity index (χ1v) is 7.94. The van der Waals surface area contributed by atoms with Crippen LogP contribution in [0.5, 0.6) is 0 Å². The Kier molecular flexibility index (Phi) is 4.88. The van der Waals surface area contributed by atoms with Crippen molar-refractivity contribution in [2.45, 2.75) is 10.7 Å². The van der Waals surface area contributed by atoms with Gasteiger partial charge in [-0.05, 0) is 30.3 Å². The van der Waals surface area contributed by atoms with Crippen molar-refractivity contribution in [1.29, 1.82) is 0 Å². The average molecular weight is 356 g/mol. The van der Waals surface area contributed by atoms with Crippen LogP contribution in [0.25, 0.3) is 0 Å². The second kappa shape index (κ2) is 6.71. The third-order valence-corrected chi connectivity index (χ3v) is 4.39. The topological polar surface area (TPSA) is 106 Å². The van der Waals surface area contributed by atoms with Gasteiger partial charge in [-0.15, -0.1) is 0 Å². The van der Waals surface area contributed by atoms with Crippen LogP contribution in [-0.4, -0.2) is 25.0 Å². The van der Waals surface area contributed by atoms with Crippen LogP contribution in [0.4, 0.5) is 20.2 Å². The fourth-order valence-corrected chi connectivity index (χ4v) is 2.52. The summed E-state index contributed by atoms with van der Waals surface area (Å²) in [4.78, 5) is 21.5. The third-order valence-electron chi connectivity index (χ3n) is 2.99. The van der Waals surface area contributed by atoms with Crippen molar-refractivity contribution in [1.82, 2.24) is 0 Å². The molecule has 0 aromatic heterocycles. The number of non-ortho nitro benzene ring substituents is 1. The molecular weight excluding hydrogens is 346 g/mol. The summed E-state index contributed by atoms with van der Waals surface area (Å²) >= 11 is 0. The van der Waals surface area contributed by atoms with Crippen molar-refractivity contribution in [3.63, 3.8) is 0 Å². The molecule has 0 aliphatic rings. The second-order valence-electron chi connectivity index (χ2n) is 4.59. The normalized spacial score (nSPS) is 11.3. The summed E-state index contributed by atoms with van der Waals surface area (Å²) < 4.78 is 47.4. The molecule has 0 aliphatic carbocycles. The maximum absolute atomic E-state index is 12.4. The van der Waals surface area contributed by atoms with E-state index in [-0.39, 0.29) is 16.9 Å². The monoisotopic (exact) mass is 356 g/mol. The largest absolute Gasteiger partial charge is 0.341 e. The first kappa shape index (κ1) is 17.5. The zero-order chi connectivity index (χ0) is 17.9. The Morgan fingerprint density at radius 2 is 1.75 bits per heavy atom. The maximum Gasteiger partial charge on any atom is 0.341 e. The zero-order valence-corrected chi connectivity index (χ0v) is 12.7. The zero-order valence-electron chi connectivity index (χ0n) is 11.8. The number of benzene rings is 2. The number of hydrogen-bond acceptors (Lipinski definition) is 5. The van der Waals surface area contributed by atoms with Gasteiger partial charge in [-0.1, -0.05) is 6.07 Å². The van der Waals surface area contributed by atoms with E-state index in [9.17, 15) is 32.1 Å². The van der Waals surface area contributed by atoms with Crippen LogP contribution in [0.2, 0.25) is 0 Å². The second-order valence-corrected chi connectivity index (χ2v) is 6.51. The molecule has 0 fully saturated rings. The molecule has 2 aromatic rings. The van der Waals surface area contributed by atoms with Gasteiger partial charge in [-0.25, -0.2) is 8.42 Å². The number of nitro groups is 1. The molecule has 0 spiro atoms. The minimum Gasteiger partial charge on any atom is -0.322 e. The fourth-order valence-electron chi connectivity index (χ4n) is 1.79. The Labute approximate surface area is 135 Å². The molecule has 0 atom stereocenters. The molecule has 0 unspecified atom stereocenters. The molecule has 0 aliphatic heterocycles. The predicted octanol–water partition coefficient (Wildman–Crippen LogP) is 2.84. The Morgan fingerprint density at radius 1 is 1.12 bits per heavy atom. The summed E-state index contributed by atoms with van der Waals surface area (Å²) in [6.45, 7) is 0. The molecule has 7 nitrogen and oxygen atoms in total. The molecule has 0 saturated carbocycles. The number of nitro benzene ring substituents is 1. The average Bonchev–Trinajstić information content (AvgIpc) is 2.55. The number of amides is 1. The molecule has 0 bridgehead atoms. The van der Waals surface area contributed by atoms with Crippen molar-refractivity contribution in [3.8, 4) is 0 Å². The number of rotatable bonds is 5. The SMILES string of the molecule is O=C(Nc1ccc(S(=O)(=O)C(F)F)cc1)c1cccc([N+](=O)[O-])c1. The number of halogens is 2. The highest BCUT2D eigenvalue weighted by Crippen LogP contribution is 2.21. The van der Waals surface area contributed by atoms with E-state index in [0.29, 0.717) is 0 Å². The van der Waals surface area contributed by atoms with Gasteiger partial charge in [0, 0.05) is 23.4 Å². The van der Waals surface area contributed by atoms with Crippen LogP contribution in [-0.2, 0) is 9.84 Å². The Morgan fingerprint density at radius 3 is 2.29 bits per heavy atom. The molecule has 1 amide bonds. The summed E-state index contributed by atoms with van der Waals surface area (Å²) in [6.07, 6.45) is 0. The Hall–Kier alpha value is -2.88. The van der Waals surface area contributed by atoms with Crippen LogP contribution >= 0.6 is 0 Å². The highest BCUT2D eigenvalue weighted by molar-refractivity contribution is 7.91. The molecule has 10 heteroatoms. The lowest BCUT2D eigenvalue weighted by atomic mass is 10.2. The van der Waals surface area contributed by atoms with E-state index >= 15 is 0 Å². The molecule has 24 heavy (non-hydrogen) atoms. The highest BCUT2D eigenvalue weighted by Gasteiger charge is 2.26. The molecule has 0 radical (unpaired) electrons. The van der Waals surface area contributed by atoms with Crippen LogP contribution in [0.15, 0.2) is 53.4 Å². The number of anilines is 1. The summed E-state index contributed by atoms with van der Waals surface area (Å²) in [5, 5.41) is 13.1. The van der Waals surface area contributed by atoms with Crippen LogP contribution < -0.4 is 5.32 Å². The molecule has 2 rings (SSSR count). The van der Waals surface area contributed by atoms with E-state index in [0.717, 1.165) is 30.3 Å². The number of sulfone groups is 1. The molecule has 126 valence electrons. The fraction of sp³-hybridized carbons (Fsp3) is 0.0714. The van der Waals surface area contributed by atoms with Crippen molar-refractivity contribution >= 4 is 27.1 Å². The molecule has 1 N–H and O–H groups in total. The quantitative estimate of drug-likeness (QED) is 0.655. The summed E-state index contributed by atoms with van der Waals surface area (Å²) in [5.41, 5.74) is -0.0887. The maximum atomic E-state index is 12.4. The van der Waals surface area contributed by atoms with Crippen LogP contribution in [0.3, 0.4) is 0 Å². The smallest absolute Gasteiger partial charge is 0.322 e. The van der Waals surface area contributed by atoms with E-state index in [1.54, 1.807) is 0 Å². The Bertz CT molecular complexity index is 882. The van der Waals surface area contributed by atoms with Gasteiger partial charge in [0.25, 0.3) is 11.6 Å². The van der Waals surface area contributed by atoms with E-state index in [1.807, 2.05) is 0 Å². The van der Waals surface area contributed by atoms with Crippen LogP contribution in [0, 0.1) is 10.1 Å². The number of nitrogens with one attached hydrogen (secondary N) is 1. The van der Waals surface area contributed by atoms with E-state index in [2.05, 4.69) is 5.32 Å². The van der Waals surface area contributed by atoms with Gasteiger partial charge in [0.2, 0.25) is 9.84 Å². The standard InChI is InChI=1S/C14H10F2N2O5S/c15-14(16)24(22,23)12-6-4-10(5-7-12)17-13(19)9-2-1-3-11(8-9)18(20)21/h1-8,14H,(H,17,19). The van der Waals surface area contributed by atoms with Crippen molar-refractivity contribution < 1.29 is 26.9 Å². The van der Waals surface area contributed by atoms with Crippen molar-refractivity contribution in [2.75, 3.05) is 5.32 Å². The third kappa shape index (κ3) is 3.71. The number of nitrogens with zero attached hydrogens (tertiary/aromatic N) is 1. The van der Waals surface area contributed by atoms with Crippen LogP contribution in [0.1, 0.15) is 10.4 Å². The lowest BCUT2D eigenvalue weighted by Gasteiger charge is -2.07. The van der Waals surface area contributed by atoms with Crippen molar-refractivity contribution in [2.24, 2.45) is 0 Å². The van der Waals surface area contributed by atoms with Gasteiger partial charge >= 0.3 is 5.76 Å². The van der Waals surface area contributed by atoms with Gasteiger partial charge in [0.05, 0.1) is 9.82 Å². The predicted molar refractivity (Wildman–Crippen MR) is 80.7 cm³/mol. The lowest BCUT2D eigenvalue weighted by molar-refractivity contribution is -0.384. The number of hydrogen-bond donors (Lipinski definition) is 1. The highest BCUT2D eigenvalue weighted by atomic mass is 32.2. The Balaban J connectivity index is 2.18. The summed E-state index contributed by atoms with van der Waals surface area (Å²) in [7, 11) is -4.71. The molecule has 0 heterocycles. The van der Waals surface area contributed by atoms with Gasteiger partial charge in [0.15, 0.2) is 0 Å². The summed E-state index contributed by atoms with van der Waals surface area (Å²) in [5.74, 6) is -4.20. The van der Waals surface area contributed by atoms with E-state index in [1.165, 1.54) is 18.2 Å². The van der Waals surface area contributed by atoms with Gasteiger partial charge < -0.3 is 5.32 Å². The minimum absolute atomic E-state index is 0.0217. The number of carbonyl (C=O) groups excluding carboxylic acids is 1. The first-order chi connectivity index (χ1) is 11.2. The van der Waals surface area contributed by atoms with Gasteiger partial charge in [-0.3, -0.25) is 14.9 Å². The number of carbonyl (C=O) groups is 1. The van der Waals surface area contributed by atoms with Gasteiger partial charge in [-0.2, -0.15) is 8.78 Å². The molecule has 0 saturated heterocycles. The molecule has 2 aromatic carbocycles. The molecular formula is C14H10F2N2O5S. The minimum atomic E-state index is -4.71. The first-order valence-electron chi connectivity index (χ1n) is 6.40. The lowest BCUT2D eigenvalue weighted by Crippen LogP contribution is -2.13. The van der Waals surface area contributed by atoms with Crippen molar-refractivity contribution in [3.05, 3.63) is 64.2 Å². The van der Waals surface area contributed by atoms with E-state index in [4.69, 9.17) is 0 Å². The number of alkyl halides is 2.